The number of hydrogen-bond acceptors (Lipinski definition) is 5. The predicted octanol–water partition coefficient (Wildman–Crippen LogP) is 2.34. The SMILES string of the molecule is O=C(NCc1ccccn1)C1CCN(Cc2ccc3c(c2)OCO3)CC1. The molecule has 0 bridgehead atoms. The molecule has 1 aromatic carbocycles. The van der Waals surface area contributed by atoms with Gasteiger partial charge in [0.05, 0.1) is 12.2 Å². The lowest BCUT2D eigenvalue weighted by atomic mass is 9.95. The summed E-state index contributed by atoms with van der Waals surface area (Å²) < 4.78 is 10.8. The predicted molar refractivity (Wildman–Crippen MR) is 96.6 cm³/mol. The van der Waals surface area contributed by atoms with Gasteiger partial charge >= 0.3 is 0 Å². The molecule has 0 radical (unpaired) electrons. The molecule has 2 aliphatic heterocycles. The summed E-state index contributed by atoms with van der Waals surface area (Å²) in [5.41, 5.74) is 2.10. The molecule has 2 aromatic rings. The van der Waals surface area contributed by atoms with Crippen LogP contribution in [0, 0.1) is 5.92 Å². The maximum absolute atomic E-state index is 12.4. The number of hydrogen-bond donors (Lipinski definition) is 1. The van der Waals surface area contributed by atoms with E-state index in [2.05, 4.69) is 21.3 Å². The van der Waals surface area contributed by atoms with E-state index in [1.54, 1.807) is 6.20 Å². The molecular formula is C20H23N3O3. The lowest BCUT2D eigenvalue weighted by molar-refractivity contribution is -0.126. The number of likely N-dealkylation sites (tertiary alicyclic amines) is 1. The minimum atomic E-state index is 0.0896. The van der Waals surface area contributed by atoms with Crippen molar-refractivity contribution >= 4 is 5.91 Å². The largest absolute Gasteiger partial charge is 0.454 e. The number of carbonyl (C=O) groups is 1. The van der Waals surface area contributed by atoms with Gasteiger partial charge in [-0.05, 0) is 55.8 Å². The van der Waals surface area contributed by atoms with Crippen molar-refractivity contribution in [2.45, 2.75) is 25.9 Å². The average molecular weight is 353 g/mol. The van der Waals surface area contributed by atoms with Crippen molar-refractivity contribution in [3.8, 4) is 11.5 Å². The third kappa shape index (κ3) is 3.96. The second-order valence-corrected chi connectivity index (χ2v) is 6.78. The number of pyridine rings is 1. The number of rotatable bonds is 5. The lowest BCUT2D eigenvalue weighted by Crippen LogP contribution is -2.40. The quantitative estimate of drug-likeness (QED) is 0.894. The Morgan fingerprint density at radius 3 is 2.81 bits per heavy atom. The van der Waals surface area contributed by atoms with E-state index in [-0.39, 0.29) is 11.8 Å². The second kappa shape index (κ2) is 7.74. The molecule has 1 saturated heterocycles. The molecule has 3 heterocycles. The minimum absolute atomic E-state index is 0.0896. The molecule has 1 N–H and O–H groups in total. The van der Waals surface area contributed by atoms with E-state index in [9.17, 15) is 4.79 Å². The van der Waals surface area contributed by atoms with Crippen molar-refractivity contribution in [2.24, 2.45) is 5.92 Å². The van der Waals surface area contributed by atoms with Crippen LogP contribution in [0.25, 0.3) is 0 Å². The molecular weight excluding hydrogens is 330 g/mol. The number of nitrogens with one attached hydrogen (secondary N) is 1. The first-order chi connectivity index (χ1) is 12.8. The van der Waals surface area contributed by atoms with E-state index < -0.39 is 0 Å². The van der Waals surface area contributed by atoms with E-state index in [1.165, 1.54) is 5.56 Å². The van der Waals surface area contributed by atoms with E-state index in [0.717, 1.165) is 49.7 Å². The van der Waals surface area contributed by atoms with Crippen LogP contribution in [0.5, 0.6) is 11.5 Å². The third-order valence-electron chi connectivity index (χ3n) is 4.97. The molecule has 6 heteroatoms. The third-order valence-corrected chi connectivity index (χ3v) is 4.97. The Morgan fingerprint density at radius 1 is 1.15 bits per heavy atom. The first kappa shape index (κ1) is 16.8. The lowest BCUT2D eigenvalue weighted by Gasteiger charge is -2.31. The summed E-state index contributed by atoms with van der Waals surface area (Å²) >= 11 is 0. The minimum Gasteiger partial charge on any atom is -0.454 e. The van der Waals surface area contributed by atoms with Gasteiger partial charge in [-0.3, -0.25) is 14.7 Å². The normalized spacial score (nSPS) is 17.2. The van der Waals surface area contributed by atoms with Crippen molar-refractivity contribution in [3.05, 3.63) is 53.9 Å². The molecule has 26 heavy (non-hydrogen) atoms. The van der Waals surface area contributed by atoms with Gasteiger partial charge in [0.25, 0.3) is 0 Å². The summed E-state index contributed by atoms with van der Waals surface area (Å²) in [6.45, 7) is 3.53. The van der Waals surface area contributed by atoms with Gasteiger partial charge in [0.1, 0.15) is 0 Å². The topological polar surface area (TPSA) is 63.7 Å². The van der Waals surface area contributed by atoms with Gasteiger partial charge in [-0.1, -0.05) is 12.1 Å². The average Bonchev–Trinajstić information content (AvgIpc) is 3.15. The summed E-state index contributed by atoms with van der Waals surface area (Å²) in [5, 5.41) is 3.01. The number of benzene rings is 1. The van der Waals surface area contributed by atoms with Crippen LogP contribution in [0.15, 0.2) is 42.6 Å². The maximum atomic E-state index is 12.4. The van der Waals surface area contributed by atoms with Crippen molar-refractivity contribution < 1.29 is 14.3 Å². The second-order valence-electron chi connectivity index (χ2n) is 6.78. The van der Waals surface area contributed by atoms with Crippen LogP contribution in [0.1, 0.15) is 24.1 Å². The van der Waals surface area contributed by atoms with Crippen molar-refractivity contribution in [2.75, 3.05) is 19.9 Å². The van der Waals surface area contributed by atoms with Crippen molar-refractivity contribution in [3.63, 3.8) is 0 Å². The van der Waals surface area contributed by atoms with Crippen LogP contribution in [0.3, 0.4) is 0 Å². The van der Waals surface area contributed by atoms with Crippen LogP contribution in [-0.2, 0) is 17.9 Å². The van der Waals surface area contributed by atoms with Gasteiger partial charge < -0.3 is 14.8 Å². The first-order valence-corrected chi connectivity index (χ1v) is 9.06. The number of carbonyl (C=O) groups excluding carboxylic acids is 1. The molecule has 0 saturated carbocycles. The van der Waals surface area contributed by atoms with E-state index in [1.807, 2.05) is 30.3 Å². The summed E-state index contributed by atoms with van der Waals surface area (Å²) in [4.78, 5) is 19.0. The zero-order valence-electron chi connectivity index (χ0n) is 14.7. The molecule has 0 atom stereocenters. The fourth-order valence-corrected chi connectivity index (χ4v) is 3.48. The Hall–Kier alpha value is -2.60. The van der Waals surface area contributed by atoms with Crippen molar-refractivity contribution in [1.82, 2.24) is 15.2 Å². The fraction of sp³-hybridized carbons (Fsp3) is 0.400. The molecule has 1 fully saturated rings. The van der Waals surface area contributed by atoms with E-state index in [0.29, 0.717) is 13.3 Å². The highest BCUT2D eigenvalue weighted by molar-refractivity contribution is 5.78. The van der Waals surface area contributed by atoms with Crippen LogP contribution < -0.4 is 14.8 Å². The first-order valence-electron chi connectivity index (χ1n) is 9.06. The number of aromatic nitrogens is 1. The van der Waals surface area contributed by atoms with Gasteiger partial charge in [0.2, 0.25) is 12.7 Å². The molecule has 0 spiro atoms. The monoisotopic (exact) mass is 353 g/mol. The summed E-state index contributed by atoms with van der Waals surface area (Å²) in [6, 6.07) is 11.8. The van der Waals surface area contributed by atoms with E-state index >= 15 is 0 Å². The Bertz CT molecular complexity index is 758. The van der Waals surface area contributed by atoms with Crippen LogP contribution in [0.2, 0.25) is 0 Å². The van der Waals surface area contributed by atoms with Crippen LogP contribution in [-0.4, -0.2) is 35.7 Å². The molecule has 2 aliphatic rings. The number of fused-ring (bicyclic) bond motifs is 1. The number of piperidine rings is 1. The fourth-order valence-electron chi connectivity index (χ4n) is 3.48. The Kier molecular flexibility index (Phi) is 5.02. The molecule has 1 aromatic heterocycles. The highest BCUT2D eigenvalue weighted by Gasteiger charge is 2.25. The molecule has 0 unspecified atom stereocenters. The van der Waals surface area contributed by atoms with E-state index in [4.69, 9.17) is 9.47 Å². The summed E-state index contributed by atoms with van der Waals surface area (Å²) in [5.74, 6) is 1.87. The molecule has 136 valence electrons. The summed E-state index contributed by atoms with van der Waals surface area (Å²) in [7, 11) is 0. The number of nitrogens with zero attached hydrogens (tertiary/aromatic N) is 2. The Balaban J connectivity index is 1.24. The Morgan fingerprint density at radius 2 is 2.00 bits per heavy atom. The smallest absolute Gasteiger partial charge is 0.231 e. The standard InChI is InChI=1S/C20H23N3O3/c24-20(22-12-17-3-1-2-8-21-17)16-6-9-23(10-7-16)13-15-4-5-18-19(11-15)26-14-25-18/h1-5,8,11,16H,6-7,9-10,12-14H2,(H,22,24). The highest BCUT2D eigenvalue weighted by Crippen LogP contribution is 2.33. The van der Waals surface area contributed by atoms with Gasteiger partial charge in [-0.25, -0.2) is 0 Å². The van der Waals surface area contributed by atoms with Gasteiger partial charge in [0.15, 0.2) is 11.5 Å². The Labute approximate surface area is 153 Å². The number of ether oxygens (including phenoxy) is 2. The zero-order valence-corrected chi connectivity index (χ0v) is 14.7. The zero-order chi connectivity index (χ0) is 17.8. The summed E-state index contributed by atoms with van der Waals surface area (Å²) in [6.07, 6.45) is 3.52. The molecule has 4 rings (SSSR count). The molecule has 6 nitrogen and oxygen atoms in total. The van der Waals surface area contributed by atoms with Gasteiger partial charge in [-0.2, -0.15) is 0 Å². The molecule has 0 aliphatic carbocycles. The van der Waals surface area contributed by atoms with Crippen LogP contribution >= 0.6 is 0 Å². The van der Waals surface area contributed by atoms with Gasteiger partial charge in [-0.15, -0.1) is 0 Å². The molecule has 1 amide bonds. The van der Waals surface area contributed by atoms with Gasteiger partial charge in [0, 0.05) is 18.7 Å². The number of amides is 1. The maximum Gasteiger partial charge on any atom is 0.231 e. The highest BCUT2D eigenvalue weighted by atomic mass is 16.7. The van der Waals surface area contributed by atoms with Crippen LogP contribution in [0.4, 0.5) is 0 Å². The van der Waals surface area contributed by atoms with Crippen molar-refractivity contribution in [1.29, 1.82) is 0 Å².